The SMILES string of the molecule is O=C(c1ccccc1OC(F)F)N1CCCC(C(=O)N2CCN(C(=O)C3CCC3)CC2)C1. The Morgan fingerprint density at radius 3 is 2.00 bits per heavy atom. The topological polar surface area (TPSA) is 70.2 Å². The van der Waals surface area contributed by atoms with Crippen molar-refractivity contribution in [1.82, 2.24) is 14.7 Å². The predicted molar refractivity (Wildman–Crippen MR) is 112 cm³/mol. The summed E-state index contributed by atoms with van der Waals surface area (Å²) in [6.45, 7) is -0.185. The van der Waals surface area contributed by atoms with Crippen molar-refractivity contribution in [2.24, 2.45) is 11.8 Å². The third kappa shape index (κ3) is 4.86. The molecule has 1 aromatic carbocycles. The van der Waals surface area contributed by atoms with Crippen molar-refractivity contribution >= 4 is 17.7 Å². The highest BCUT2D eigenvalue weighted by atomic mass is 19.3. The summed E-state index contributed by atoms with van der Waals surface area (Å²) in [7, 11) is 0. The van der Waals surface area contributed by atoms with Crippen LogP contribution >= 0.6 is 0 Å². The van der Waals surface area contributed by atoms with Crippen molar-refractivity contribution in [1.29, 1.82) is 0 Å². The van der Waals surface area contributed by atoms with Crippen LogP contribution in [0.4, 0.5) is 8.78 Å². The van der Waals surface area contributed by atoms with E-state index in [-0.39, 0.29) is 41.5 Å². The van der Waals surface area contributed by atoms with Gasteiger partial charge in [0.2, 0.25) is 11.8 Å². The number of benzene rings is 1. The number of rotatable bonds is 5. The van der Waals surface area contributed by atoms with Gasteiger partial charge in [0.05, 0.1) is 11.5 Å². The molecule has 1 saturated carbocycles. The zero-order chi connectivity index (χ0) is 22.7. The van der Waals surface area contributed by atoms with E-state index >= 15 is 0 Å². The first-order valence-electron chi connectivity index (χ1n) is 11.3. The third-order valence-electron chi connectivity index (χ3n) is 6.75. The lowest BCUT2D eigenvalue weighted by Gasteiger charge is -2.40. The van der Waals surface area contributed by atoms with Gasteiger partial charge in [-0.15, -0.1) is 0 Å². The molecule has 2 aliphatic heterocycles. The Bertz CT molecular complexity index is 853. The molecule has 174 valence electrons. The first kappa shape index (κ1) is 22.5. The predicted octanol–water partition coefficient (Wildman–Crippen LogP) is 2.61. The van der Waals surface area contributed by atoms with Crippen molar-refractivity contribution in [2.45, 2.75) is 38.7 Å². The number of halogens is 2. The Kier molecular flexibility index (Phi) is 6.91. The van der Waals surface area contributed by atoms with Crippen LogP contribution in [0.5, 0.6) is 5.75 Å². The number of ether oxygens (including phenoxy) is 1. The van der Waals surface area contributed by atoms with Crippen molar-refractivity contribution in [3.8, 4) is 5.75 Å². The summed E-state index contributed by atoms with van der Waals surface area (Å²) in [6.07, 6.45) is 4.40. The van der Waals surface area contributed by atoms with Crippen LogP contribution < -0.4 is 4.74 Å². The summed E-state index contributed by atoms with van der Waals surface area (Å²) >= 11 is 0. The van der Waals surface area contributed by atoms with E-state index in [1.807, 2.05) is 4.90 Å². The third-order valence-corrected chi connectivity index (χ3v) is 6.75. The molecule has 0 N–H and O–H groups in total. The maximum absolute atomic E-state index is 13.1. The quantitative estimate of drug-likeness (QED) is 0.693. The van der Waals surface area contributed by atoms with Crippen molar-refractivity contribution in [2.75, 3.05) is 39.3 Å². The highest BCUT2D eigenvalue weighted by molar-refractivity contribution is 5.97. The minimum atomic E-state index is -3.02. The maximum Gasteiger partial charge on any atom is 0.387 e. The van der Waals surface area contributed by atoms with Gasteiger partial charge < -0.3 is 19.4 Å². The molecule has 1 aromatic rings. The Morgan fingerprint density at radius 1 is 0.812 bits per heavy atom. The van der Waals surface area contributed by atoms with Crippen LogP contribution in [0.1, 0.15) is 42.5 Å². The molecule has 2 heterocycles. The van der Waals surface area contributed by atoms with Gasteiger partial charge in [0.25, 0.3) is 5.91 Å². The number of alkyl halides is 2. The number of piperazine rings is 1. The van der Waals surface area contributed by atoms with Gasteiger partial charge in [-0.2, -0.15) is 8.78 Å². The monoisotopic (exact) mass is 449 g/mol. The molecule has 0 aromatic heterocycles. The Hall–Kier alpha value is -2.71. The van der Waals surface area contributed by atoms with E-state index in [4.69, 9.17) is 0 Å². The Balaban J connectivity index is 1.34. The van der Waals surface area contributed by atoms with Crippen LogP contribution in [0.3, 0.4) is 0 Å². The van der Waals surface area contributed by atoms with Crippen LogP contribution in [-0.4, -0.2) is 78.3 Å². The van der Waals surface area contributed by atoms with E-state index in [1.54, 1.807) is 15.9 Å². The summed E-state index contributed by atoms with van der Waals surface area (Å²) in [5.41, 5.74) is 0.0732. The van der Waals surface area contributed by atoms with Crippen molar-refractivity contribution < 1.29 is 27.9 Å². The molecule has 0 spiro atoms. The fourth-order valence-corrected chi connectivity index (χ4v) is 4.69. The molecule has 1 aliphatic carbocycles. The zero-order valence-corrected chi connectivity index (χ0v) is 18.1. The first-order chi connectivity index (χ1) is 15.4. The second-order valence-electron chi connectivity index (χ2n) is 8.74. The summed E-state index contributed by atoms with van der Waals surface area (Å²) in [5.74, 6) is -0.530. The standard InChI is InChI=1S/C23H29F2N3O4/c24-23(25)32-19-9-2-1-8-18(19)22(31)28-10-4-7-17(15-28)21(30)27-13-11-26(12-14-27)20(29)16-5-3-6-16/h1-2,8-9,16-17,23H,3-7,10-15H2. The van der Waals surface area contributed by atoms with E-state index in [9.17, 15) is 23.2 Å². The number of piperidine rings is 1. The Morgan fingerprint density at radius 2 is 1.41 bits per heavy atom. The number of carbonyl (C=O) groups is 3. The molecule has 0 radical (unpaired) electrons. The first-order valence-corrected chi connectivity index (χ1v) is 11.3. The largest absolute Gasteiger partial charge is 0.434 e. The molecule has 4 rings (SSSR count). The molecule has 3 aliphatic rings. The summed E-state index contributed by atoms with van der Waals surface area (Å²) in [6, 6.07) is 5.94. The smallest absolute Gasteiger partial charge is 0.387 e. The summed E-state index contributed by atoms with van der Waals surface area (Å²) in [4.78, 5) is 43.7. The molecule has 3 amide bonds. The van der Waals surface area contributed by atoms with Gasteiger partial charge in [0.1, 0.15) is 5.75 Å². The minimum absolute atomic E-state index is 0.00430. The summed E-state index contributed by atoms with van der Waals surface area (Å²) < 4.78 is 29.9. The van der Waals surface area contributed by atoms with E-state index in [0.717, 1.165) is 19.3 Å². The molecular weight excluding hydrogens is 420 g/mol. The number of hydrogen-bond donors (Lipinski definition) is 0. The van der Waals surface area contributed by atoms with E-state index in [2.05, 4.69) is 4.74 Å². The number of likely N-dealkylation sites (tertiary alicyclic amines) is 1. The zero-order valence-electron chi connectivity index (χ0n) is 18.1. The van der Waals surface area contributed by atoms with Crippen LogP contribution in [0, 0.1) is 11.8 Å². The second-order valence-corrected chi connectivity index (χ2v) is 8.74. The molecule has 32 heavy (non-hydrogen) atoms. The van der Waals surface area contributed by atoms with Crippen molar-refractivity contribution in [3.05, 3.63) is 29.8 Å². The number of hydrogen-bond acceptors (Lipinski definition) is 4. The van der Waals surface area contributed by atoms with E-state index in [0.29, 0.717) is 45.6 Å². The van der Waals surface area contributed by atoms with Gasteiger partial charge in [-0.05, 0) is 37.8 Å². The highest BCUT2D eigenvalue weighted by Crippen LogP contribution is 2.29. The van der Waals surface area contributed by atoms with Crippen LogP contribution in [0.2, 0.25) is 0 Å². The van der Waals surface area contributed by atoms with Gasteiger partial charge in [-0.25, -0.2) is 0 Å². The van der Waals surface area contributed by atoms with E-state index in [1.165, 1.54) is 18.2 Å². The molecular formula is C23H29F2N3O4. The lowest BCUT2D eigenvalue weighted by molar-refractivity contribution is -0.146. The van der Waals surface area contributed by atoms with Crippen molar-refractivity contribution in [3.63, 3.8) is 0 Å². The second kappa shape index (κ2) is 9.83. The minimum Gasteiger partial charge on any atom is -0.434 e. The fraction of sp³-hybridized carbons (Fsp3) is 0.609. The molecule has 3 fully saturated rings. The maximum atomic E-state index is 13.1. The van der Waals surface area contributed by atoms with Crippen LogP contribution in [-0.2, 0) is 9.59 Å². The van der Waals surface area contributed by atoms with Crippen LogP contribution in [0.15, 0.2) is 24.3 Å². The number of carbonyl (C=O) groups excluding carboxylic acids is 3. The van der Waals surface area contributed by atoms with Crippen LogP contribution in [0.25, 0.3) is 0 Å². The van der Waals surface area contributed by atoms with Gasteiger partial charge in [0, 0.05) is 45.2 Å². The molecule has 1 atom stereocenters. The van der Waals surface area contributed by atoms with Gasteiger partial charge in [-0.3, -0.25) is 14.4 Å². The fourth-order valence-electron chi connectivity index (χ4n) is 4.69. The lowest BCUT2D eigenvalue weighted by Crippen LogP contribution is -2.55. The molecule has 0 bridgehead atoms. The van der Waals surface area contributed by atoms with Gasteiger partial charge >= 0.3 is 6.61 Å². The lowest BCUT2D eigenvalue weighted by atomic mass is 9.84. The molecule has 9 heteroatoms. The average molecular weight is 449 g/mol. The van der Waals surface area contributed by atoms with Gasteiger partial charge in [0.15, 0.2) is 0 Å². The van der Waals surface area contributed by atoms with E-state index < -0.39 is 12.5 Å². The van der Waals surface area contributed by atoms with Gasteiger partial charge in [-0.1, -0.05) is 18.6 Å². The average Bonchev–Trinajstić information content (AvgIpc) is 2.77. The molecule has 2 saturated heterocycles. The highest BCUT2D eigenvalue weighted by Gasteiger charge is 2.36. The summed E-state index contributed by atoms with van der Waals surface area (Å²) in [5, 5.41) is 0. The normalized spacial score (nSPS) is 22.0. The number of para-hydroxylation sites is 1. The number of amides is 3. The number of nitrogens with zero attached hydrogens (tertiary/aromatic N) is 3. The Labute approximate surface area is 186 Å². The molecule has 7 nitrogen and oxygen atoms in total. The molecule has 1 unspecified atom stereocenters.